The highest BCUT2D eigenvalue weighted by molar-refractivity contribution is 7.89. The molecule has 0 radical (unpaired) electrons. The van der Waals surface area contributed by atoms with E-state index in [1.807, 2.05) is 0 Å². The van der Waals surface area contributed by atoms with Gasteiger partial charge >= 0.3 is 0 Å². The highest BCUT2D eigenvalue weighted by atomic mass is 32.2. The molecule has 7 heteroatoms. The molecule has 0 fully saturated rings. The van der Waals surface area contributed by atoms with E-state index < -0.39 is 15.8 Å². The molecule has 1 aromatic carbocycles. The molecule has 0 aliphatic carbocycles. The van der Waals surface area contributed by atoms with Crippen molar-refractivity contribution in [2.24, 2.45) is 5.73 Å². The Morgan fingerprint density at radius 3 is 2.78 bits per heavy atom. The Morgan fingerprint density at radius 2 is 2.17 bits per heavy atom. The van der Waals surface area contributed by atoms with Crippen molar-refractivity contribution in [3.8, 4) is 0 Å². The summed E-state index contributed by atoms with van der Waals surface area (Å²) in [7, 11) is -2.20. The maximum Gasteiger partial charge on any atom is 0.240 e. The number of methoxy groups -OCH3 is 1. The second-order valence-corrected chi connectivity index (χ2v) is 5.44. The summed E-state index contributed by atoms with van der Waals surface area (Å²) < 4.78 is 44.2. The lowest BCUT2D eigenvalue weighted by atomic mass is 10.2. The van der Waals surface area contributed by atoms with Gasteiger partial charge in [-0.25, -0.2) is 17.5 Å². The predicted octanol–water partition coefficient (Wildman–Crippen LogP) is 0.599. The summed E-state index contributed by atoms with van der Waals surface area (Å²) in [5, 5.41) is 0. The normalized spacial score (nSPS) is 11.7. The van der Waals surface area contributed by atoms with Crippen molar-refractivity contribution in [2.45, 2.75) is 17.9 Å². The SMILES string of the molecule is COCCCNS(=O)(=O)c1cc(F)ccc1CN. The van der Waals surface area contributed by atoms with E-state index in [4.69, 9.17) is 10.5 Å². The number of hydrogen-bond acceptors (Lipinski definition) is 4. The maximum atomic E-state index is 13.1. The molecule has 5 nitrogen and oxygen atoms in total. The fraction of sp³-hybridized carbons (Fsp3) is 0.455. The van der Waals surface area contributed by atoms with Crippen LogP contribution in [0.25, 0.3) is 0 Å². The first-order valence-corrected chi connectivity index (χ1v) is 6.96. The topological polar surface area (TPSA) is 81.4 Å². The number of benzene rings is 1. The monoisotopic (exact) mass is 276 g/mol. The molecule has 0 aromatic heterocycles. The van der Waals surface area contributed by atoms with Crippen LogP contribution in [-0.4, -0.2) is 28.7 Å². The molecule has 3 N–H and O–H groups in total. The number of hydrogen-bond donors (Lipinski definition) is 2. The summed E-state index contributed by atoms with van der Waals surface area (Å²) in [6.07, 6.45) is 0.545. The van der Waals surface area contributed by atoms with Gasteiger partial charge in [-0.1, -0.05) is 6.07 Å². The number of halogens is 1. The van der Waals surface area contributed by atoms with Gasteiger partial charge in [-0.2, -0.15) is 0 Å². The Bertz CT molecular complexity index is 491. The fourth-order valence-corrected chi connectivity index (χ4v) is 2.78. The summed E-state index contributed by atoms with van der Waals surface area (Å²) in [5.74, 6) is -0.607. The minimum Gasteiger partial charge on any atom is -0.385 e. The number of sulfonamides is 1. The van der Waals surface area contributed by atoms with Gasteiger partial charge in [0.15, 0.2) is 0 Å². The van der Waals surface area contributed by atoms with Gasteiger partial charge in [0.2, 0.25) is 10.0 Å². The van der Waals surface area contributed by atoms with Crippen molar-refractivity contribution in [2.75, 3.05) is 20.3 Å². The first kappa shape index (κ1) is 15.0. The maximum absolute atomic E-state index is 13.1. The van der Waals surface area contributed by atoms with Crippen LogP contribution >= 0.6 is 0 Å². The highest BCUT2D eigenvalue weighted by Crippen LogP contribution is 2.16. The molecule has 0 amide bonds. The molecule has 0 atom stereocenters. The molecule has 0 aliphatic rings. The quantitative estimate of drug-likeness (QED) is 0.715. The molecule has 102 valence electrons. The minimum absolute atomic E-state index is 0.0363. The van der Waals surface area contributed by atoms with Crippen molar-refractivity contribution >= 4 is 10.0 Å². The van der Waals surface area contributed by atoms with Crippen LogP contribution in [-0.2, 0) is 21.3 Å². The van der Waals surface area contributed by atoms with Crippen LogP contribution in [0.5, 0.6) is 0 Å². The summed E-state index contributed by atoms with van der Waals surface area (Å²) in [4.78, 5) is -0.109. The van der Waals surface area contributed by atoms with Crippen molar-refractivity contribution in [1.82, 2.24) is 4.72 Å². The Kier molecular flexibility index (Phi) is 5.67. The molecule has 0 aliphatic heterocycles. The van der Waals surface area contributed by atoms with Crippen LogP contribution in [0.15, 0.2) is 23.1 Å². The third kappa shape index (κ3) is 4.02. The zero-order chi connectivity index (χ0) is 13.6. The van der Waals surface area contributed by atoms with Crippen LogP contribution in [0.1, 0.15) is 12.0 Å². The second-order valence-electron chi connectivity index (χ2n) is 3.70. The lowest BCUT2D eigenvalue weighted by Gasteiger charge is -2.10. The zero-order valence-electron chi connectivity index (χ0n) is 10.1. The molecule has 1 rings (SSSR count). The molecule has 18 heavy (non-hydrogen) atoms. The van der Waals surface area contributed by atoms with Gasteiger partial charge in [0.05, 0.1) is 4.90 Å². The Labute approximate surface area is 106 Å². The van der Waals surface area contributed by atoms with Gasteiger partial charge in [-0.3, -0.25) is 0 Å². The first-order chi connectivity index (χ1) is 8.51. The van der Waals surface area contributed by atoms with E-state index >= 15 is 0 Å². The third-order valence-corrected chi connectivity index (χ3v) is 3.90. The molecule has 0 bridgehead atoms. The largest absolute Gasteiger partial charge is 0.385 e. The van der Waals surface area contributed by atoms with E-state index in [0.29, 0.717) is 18.6 Å². The lowest BCUT2D eigenvalue weighted by Crippen LogP contribution is -2.27. The van der Waals surface area contributed by atoms with E-state index in [2.05, 4.69) is 4.72 Å². The molecular formula is C11H17FN2O3S. The van der Waals surface area contributed by atoms with Crippen molar-refractivity contribution < 1.29 is 17.5 Å². The molecule has 0 saturated heterocycles. The van der Waals surface area contributed by atoms with Crippen LogP contribution in [0.4, 0.5) is 4.39 Å². The molecule has 1 aromatic rings. The lowest BCUT2D eigenvalue weighted by molar-refractivity contribution is 0.196. The van der Waals surface area contributed by atoms with Crippen LogP contribution < -0.4 is 10.5 Å². The van der Waals surface area contributed by atoms with E-state index in [1.54, 1.807) is 0 Å². The summed E-state index contributed by atoms with van der Waals surface area (Å²) >= 11 is 0. The summed E-state index contributed by atoms with van der Waals surface area (Å²) in [6, 6.07) is 3.53. The summed E-state index contributed by atoms with van der Waals surface area (Å²) in [6.45, 7) is 0.723. The molecule has 0 spiro atoms. The van der Waals surface area contributed by atoms with Crippen molar-refractivity contribution in [3.05, 3.63) is 29.6 Å². The predicted molar refractivity (Wildman–Crippen MR) is 66.0 cm³/mol. The van der Waals surface area contributed by atoms with Gasteiger partial charge in [0, 0.05) is 26.8 Å². The highest BCUT2D eigenvalue weighted by Gasteiger charge is 2.18. The minimum atomic E-state index is -3.73. The van der Waals surface area contributed by atoms with E-state index in [-0.39, 0.29) is 18.0 Å². The number of nitrogens with one attached hydrogen (secondary N) is 1. The van der Waals surface area contributed by atoms with Gasteiger partial charge in [-0.15, -0.1) is 0 Å². The average Bonchev–Trinajstić information content (AvgIpc) is 2.35. The van der Waals surface area contributed by atoms with Crippen LogP contribution in [0.2, 0.25) is 0 Å². The number of nitrogens with two attached hydrogens (primary N) is 1. The Balaban J connectivity index is 2.87. The Morgan fingerprint density at radius 1 is 1.44 bits per heavy atom. The number of rotatable bonds is 7. The smallest absolute Gasteiger partial charge is 0.240 e. The van der Waals surface area contributed by atoms with Gasteiger partial charge < -0.3 is 10.5 Å². The summed E-state index contributed by atoms with van der Waals surface area (Å²) in [5.41, 5.74) is 5.82. The van der Waals surface area contributed by atoms with Gasteiger partial charge in [0.25, 0.3) is 0 Å². The van der Waals surface area contributed by atoms with E-state index in [9.17, 15) is 12.8 Å². The van der Waals surface area contributed by atoms with E-state index in [0.717, 1.165) is 6.07 Å². The van der Waals surface area contributed by atoms with E-state index in [1.165, 1.54) is 19.2 Å². The van der Waals surface area contributed by atoms with Gasteiger partial charge in [-0.05, 0) is 24.1 Å². The Hall–Kier alpha value is -1.02. The molecule has 0 heterocycles. The molecule has 0 unspecified atom stereocenters. The van der Waals surface area contributed by atoms with Crippen LogP contribution in [0, 0.1) is 5.82 Å². The average molecular weight is 276 g/mol. The molecular weight excluding hydrogens is 259 g/mol. The number of ether oxygens (including phenoxy) is 1. The second kappa shape index (κ2) is 6.79. The zero-order valence-corrected chi connectivity index (χ0v) is 11.0. The fourth-order valence-electron chi connectivity index (χ4n) is 1.45. The standard InChI is InChI=1S/C11H17FN2O3S/c1-17-6-2-5-14-18(15,16)11-7-10(12)4-3-9(11)8-13/h3-4,7,14H,2,5-6,8,13H2,1H3. The third-order valence-electron chi connectivity index (χ3n) is 2.36. The van der Waals surface area contributed by atoms with Crippen molar-refractivity contribution in [1.29, 1.82) is 0 Å². The first-order valence-electron chi connectivity index (χ1n) is 5.48. The van der Waals surface area contributed by atoms with Crippen molar-refractivity contribution in [3.63, 3.8) is 0 Å². The van der Waals surface area contributed by atoms with Crippen LogP contribution in [0.3, 0.4) is 0 Å². The van der Waals surface area contributed by atoms with Gasteiger partial charge in [0.1, 0.15) is 5.82 Å². The molecule has 0 saturated carbocycles.